The number of carbonyl (C=O) groups excluding carboxylic acids is 2. The summed E-state index contributed by atoms with van der Waals surface area (Å²) in [6.07, 6.45) is 0.789. The third kappa shape index (κ3) is 4.80. The van der Waals surface area contributed by atoms with Gasteiger partial charge in [0.2, 0.25) is 0 Å². The third-order valence-corrected chi connectivity index (χ3v) is 5.72. The minimum atomic E-state index is -0.308. The van der Waals surface area contributed by atoms with Crippen molar-refractivity contribution in [1.82, 2.24) is 10.2 Å². The van der Waals surface area contributed by atoms with Gasteiger partial charge >= 0.3 is 6.03 Å². The van der Waals surface area contributed by atoms with E-state index in [9.17, 15) is 14.0 Å². The Morgan fingerprint density at radius 1 is 0.969 bits per heavy atom. The molecule has 1 heterocycles. The van der Waals surface area contributed by atoms with Crippen molar-refractivity contribution in [3.63, 3.8) is 0 Å². The van der Waals surface area contributed by atoms with Gasteiger partial charge in [-0.1, -0.05) is 48.5 Å². The smallest absolute Gasteiger partial charge is 0.324 e. The highest BCUT2D eigenvalue weighted by Gasteiger charge is 2.27. The van der Waals surface area contributed by atoms with Crippen LogP contribution in [0.1, 0.15) is 40.9 Å². The number of amides is 3. The molecule has 1 aliphatic rings. The Balaban J connectivity index is 1.42. The molecule has 0 bridgehead atoms. The van der Waals surface area contributed by atoms with Gasteiger partial charge in [0.05, 0.1) is 12.6 Å². The first kappa shape index (κ1) is 21.6. The molecule has 0 unspecified atom stereocenters. The van der Waals surface area contributed by atoms with Crippen molar-refractivity contribution in [2.24, 2.45) is 0 Å². The third-order valence-electron chi connectivity index (χ3n) is 5.72. The minimum absolute atomic E-state index is 0.112. The first-order valence-electron chi connectivity index (χ1n) is 10.8. The molecular formula is C26H26FN3O2. The van der Waals surface area contributed by atoms with Crippen LogP contribution in [0.5, 0.6) is 0 Å². The van der Waals surface area contributed by atoms with E-state index in [0.717, 1.165) is 17.7 Å². The topological polar surface area (TPSA) is 52.7 Å². The Labute approximate surface area is 187 Å². The number of hydrogen-bond acceptors (Lipinski definition) is 2. The lowest BCUT2D eigenvalue weighted by molar-refractivity contribution is 0.0940. The summed E-state index contributed by atoms with van der Waals surface area (Å²) in [4.78, 5) is 29.0. The number of anilines is 1. The van der Waals surface area contributed by atoms with E-state index in [1.807, 2.05) is 37.3 Å². The van der Waals surface area contributed by atoms with Gasteiger partial charge in [-0.15, -0.1) is 0 Å². The summed E-state index contributed by atoms with van der Waals surface area (Å²) in [5.41, 5.74) is 2.79. The first-order chi connectivity index (χ1) is 15.5. The number of hydrogen-bond donors (Lipinski definition) is 1. The highest BCUT2D eigenvalue weighted by Crippen LogP contribution is 2.23. The highest BCUT2D eigenvalue weighted by molar-refractivity contribution is 5.96. The zero-order valence-electron chi connectivity index (χ0n) is 18.0. The molecule has 3 aromatic rings. The van der Waals surface area contributed by atoms with Gasteiger partial charge in [0, 0.05) is 29.9 Å². The minimum Gasteiger partial charge on any atom is -0.346 e. The quantitative estimate of drug-likeness (QED) is 0.587. The van der Waals surface area contributed by atoms with Crippen molar-refractivity contribution in [1.29, 1.82) is 0 Å². The number of rotatable bonds is 6. The van der Waals surface area contributed by atoms with Crippen molar-refractivity contribution in [3.8, 4) is 0 Å². The van der Waals surface area contributed by atoms with E-state index in [0.29, 0.717) is 24.2 Å². The highest BCUT2D eigenvalue weighted by atomic mass is 19.1. The fourth-order valence-electron chi connectivity index (χ4n) is 3.90. The number of nitrogens with zero attached hydrogens (tertiary/aromatic N) is 2. The van der Waals surface area contributed by atoms with Crippen LogP contribution in [0.15, 0.2) is 78.9 Å². The molecule has 0 aromatic heterocycles. The summed E-state index contributed by atoms with van der Waals surface area (Å²) < 4.78 is 14.0. The largest absolute Gasteiger partial charge is 0.346 e. The second-order valence-corrected chi connectivity index (χ2v) is 7.95. The zero-order valence-corrected chi connectivity index (χ0v) is 18.0. The van der Waals surface area contributed by atoms with E-state index in [-0.39, 0.29) is 30.3 Å². The number of benzene rings is 3. The Hall–Kier alpha value is -3.67. The van der Waals surface area contributed by atoms with Crippen molar-refractivity contribution >= 4 is 17.6 Å². The van der Waals surface area contributed by atoms with Gasteiger partial charge in [0.15, 0.2) is 0 Å². The molecule has 0 spiro atoms. The molecule has 6 heteroatoms. The predicted octanol–water partition coefficient (Wildman–Crippen LogP) is 5.15. The predicted molar refractivity (Wildman–Crippen MR) is 123 cm³/mol. The summed E-state index contributed by atoms with van der Waals surface area (Å²) in [7, 11) is 0. The van der Waals surface area contributed by atoms with Crippen molar-refractivity contribution < 1.29 is 14.0 Å². The Kier molecular flexibility index (Phi) is 6.50. The molecule has 3 aromatic carbocycles. The monoisotopic (exact) mass is 431 g/mol. The molecule has 1 aliphatic heterocycles. The standard InChI is InChI=1S/C26H26FN3O2/c1-19(20-8-3-2-4-9-20)28-25(31)21-12-14-23(15-13-21)30-17-7-16-29(26(30)32)18-22-10-5-6-11-24(22)27/h2-6,8-15,19H,7,16-18H2,1H3,(H,28,31)/t19-/m1/s1. The zero-order chi connectivity index (χ0) is 22.5. The van der Waals surface area contributed by atoms with Crippen LogP contribution in [0, 0.1) is 5.82 Å². The van der Waals surface area contributed by atoms with E-state index < -0.39 is 0 Å². The molecule has 3 amide bonds. The van der Waals surface area contributed by atoms with Gasteiger partial charge < -0.3 is 10.2 Å². The molecule has 0 radical (unpaired) electrons. The molecule has 1 atom stereocenters. The van der Waals surface area contributed by atoms with Crippen LogP contribution in [-0.4, -0.2) is 29.9 Å². The first-order valence-corrected chi connectivity index (χ1v) is 10.8. The van der Waals surface area contributed by atoms with Gasteiger partial charge in [-0.25, -0.2) is 9.18 Å². The van der Waals surface area contributed by atoms with Crippen molar-refractivity contribution in [2.75, 3.05) is 18.0 Å². The van der Waals surface area contributed by atoms with Gasteiger partial charge in [0.1, 0.15) is 5.82 Å². The number of halogens is 1. The van der Waals surface area contributed by atoms with Crippen LogP contribution >= 0.6 is 0 Å². The number of nitrogens with one attached hydrogen (secondary N) is 1. The fourth-order valence-corrected chi connectivity index (χ4v) is 3.90. The van der Waals surface area contributed by atoms with E-state index in [4.69, 9.17) is 0 Å². The molecule has 0 aliphatic carbocycles. The van der Waals surface area contributed by atoms with Crippen LogP contribution in [0.3, 0.4) is 0 Å². The van der Waals surface area contributed by atoms with Crippen LogP contribution in [-0.2, 0) is 6.54 Å². The molecule has 0 saturated carbocycles. The maximum Gasteiger partial charge on any atom is 0.324 e. The molecule has 164 valence electrons. The summed E-state index contributed by atoms with van der Waals surface area (Å²) in [5, 5.41) is 3.00. The summed E-state index contributed by atoms with van der Waals surface area (Å²) in [6, 6.07) is 23.0. The lowest BCUT2D eigenvalue weighted by Crippen LogP contribution is -2.49. The Bertz CT molecular complexity index is 1090. The number of carbonyl (C=O) groups is 2. The average Bonchev–Trinajstić information content (AvgIpc) is 2.82. The summed E-state index contributed by atoms with van der Waals surface area (Å²) >= 11 is 0. The van der Waals surface area contributed by atoms with E-state index in [2.05, 4.69) is 5.32 Å². The van der Waals surface area contributed by atoms with E-state index >= 15 is 0 Å². The molecule has 32 heavy (non-hydrogen) atoms. The molecular weight excluding hydrogens is 405 g/mol. The maximum atomic E-state index is 14.0. The molecule has 5 nitrogen and oxygen atoms in total. The van der Waals surface area contributed by atoms with Gasteiger partial charge in [-0.3, -0.25) is 9.69 Å². The van der Waals surface area contributed by atoms with Crippen molar-refractivity contribution in [2.45, 2.75) is 25.9 Å². The summed E-state index contributed by atoms with van der Waals surface area (Å²) in [5.74, 6) is -0.475. The van der Waals surface area contributed by atoms with Crippen molar-refractivity contribution in [3.05, 3.63) is 101 Å². The van der Waals surface area contributed by atoms with Crippen LogP contribution in [0.2, 0.25) is 0 Å². The van der Waals surface area contributed by atoms with E-state index in [1.54, 1.807) is 52.3 Å². The normalized spacial score (nSPS) is 14.9. The molecule has 4 rings (SSSR count). The molecule has 1 N–H and O–H groups in total. The van der Waals surface area contributed by atoms with Crippen LogP contribution in [0.4, 0.5) is 14.9 Å². The van der Waals surface area contributed by atoms with Crippen LogP contribution < -0.4 is 10.2 Å². The maximum absolute atomic E-state index is 14.0. The van der Waals surface area contributed by atoms with Gasteiger partial charge in [0.25, 0.3) is 5.91 Å². The molecule has 1 fully saturated rings. The Morgan fingerprint density at radius 2 is 1.66 bits per heavy atom. The number of urea groups is 1. The summed E-state index contributed by atoms with van der Waals surface area (Å²) in [6.45, 7) is 3.35. The Morgan fingerprint density at radius 3 is 2.38 bits per heavy atom. The lowest BCUT2D eigenvalue weighted by Gasteiger charge is -2.35. The molecule has 1 saturated heterocycles. The lowest BCUT2D eigenvalue weighted by atomic mass is 10.1. The average molecular weight is 432 g/mol. The fraction of sp³-hybridized carbons (Fsp3) is 0.231. The SMILES string of the molecule is C[C@@H](NC(=O)c1ccc(N2CCCN(Cc3ccccc3F)C2=O)cc1)c1ccccc1. The van der Waals surface area contributed by atoms with E-state index in [1.165, 1.54) is 6.07 Å². The second kappa shape index (κ2) is 9.64. The second-order valence-electron chi connectivity index (χ2n) is 7.95. The van der Waals surface area contributed by atoms with Gasteiger partial charge in [-0.2, -0.15) is 0 Å². The van der Waals surface area contributed by atoms with Gasteiger partial charge in [-0.05, 0) is 49.2 Å². The van der Waals surface area contributed by atoms with Crippen LogP contribution in [0.25, 0.3) is 0 Å².